The van der Waals surface area contributed by atoms with Gasteiger partial charge in [-0.25, -0.2) is 0 Å². The van der Waals surface area contributed by atoms with E-state index < -0.39 is 5.60 Å². The molecule has 1 rings (SSSR count). The molecule has 0 N–H and O–H groups in total. The molecule has 18 heavy (non-hydrogen) atoms. The van der Waals surface area contributed by atoms with E-state index in [1.807, 2.05) is 13.8 Å². The number of likely N-dealkylation sites (tertiary alicyclic amines) is 1. The highest BCUT2D eigenvalue weighted by Crippen LogP contribution is 2.25. The molecule has 1 saturated heterocycles. The summed E-state index contributed by atoms with van der Waals surface area (Å²) in [5.74, 6) is 0.00601. The maximum Gasteiger partial charge on any atom is 0.248 e. The third-order valence-corrected chi connectivity index (χ3v) is 3.12. The second kappa shape index (κ2) is 7.34. The van der Waals surface area contributed by atoms with Crippen LogP contribution in [0.5, 0.6) is 0 Å². The van der Waals surface area contributed by atoms with Crippen molar-refractivity contribution in [2.45, 2.75) is 38.7 Å². The van der Waals surface area contributed by atoms with Crippen LogP contribution >= 0.6 is 0 Å². The lowest BCUT2D eigenvalue weighted by Crippen LogP contribution is -2.48. The van der Waals surface area contributed by atoms with Gasteiger partial charge in [0.15, 0.2) is 5.60 Å². The van der Waals surface area contributed by atoms with Crippen LogP contribution in [0.1, 0.15) is 33.1 Å². The molecule has 1 amide bonds. The van der Waals surface area contributed by atoms with Gasteiger partial charge < -0.3 is 14.4 Å². The number of carbonyl (C=O) groups excluding carboxylic acids is 1. The van der Waals surface area contributed by atoms with Crippen LogP contribution in [0.4, 0.5) is 0 Å². The molecule has 1 aliphatic heterocycles. The molecule has 0 aromatic rings. The lowest BCUT2D eigenvalue weighted by molar-refractivity contribution is -0.140. The zero-order valence-corrected chi connectivity index (χ0v) is 11.3. The molecule has 0 atom stereocenters. The van der Waals surface area contributed by atoms with Gasteiger partial charge in [-0.05, 0) is 13.3 Å². The molecule has 0 radical (unpaired) electrons. The Morgan fingerprint density at radius 1 is 1.39 bits per heavy atom. The van der Waals surface area contributed by atoms with Crippen LogP contribution in [0.25, 0.3) is 0 Å². The molecular weight excluding hydrogens is 232 g/mol. The van der Waals surface area contributed by atoms with Crippen molar-refractivity contribution in [2.75, 3.05) is 32.9 Å². The molecule has 1 heterocycles. The normalized spacial score (nSPS) is 18.4. The molecule has 102 valence electrons. The maximum absolute atomic E-state index is 11.8. The second-order valence-corrected chi connectivity index (χ2v) is 4.47. The zero-order valence-electron chi connectivity index (χ0n) is 11.3. The summed E-state index contributed by atoms with van der Waals surface area (Å²) in [6.07, 6.45) is 2.07. The summed E-state index contributed by atoms with van der Waals surface area (Å²) in [4.78, 5) is 13.6. The van der Waals surface area contributed by atoms with Crippen LogP contribution in [-0.4, -0.2) is 49.3 Å². The summed E-state index contributed by atoms with van der Waals surface area (Å²) >= 11 is 0. The SMILES string of the molecule is CCCOCC(=O)N1CCC(C#N)(OCC)CC1. The van der Waals surface area contributed by atoms with Gasteiger partial charge in [-0.15, -0.1) is 0 Å². The Kier molecular flexibility index (Phi) is 6.10. The highest BCUT2D eigenvalue weighted by atomic mass is 16.5. The molecular formula is C13H22N2O3. The summed E-state index contributed by atoms with van der Waals surface area (Å²) in [6, 6.07) is 2.24. The number of amides is 1. The van der Waals surface area contributed by atoms with Crippen LogP contribution in [0.2, 0.25) is 0 Å². The molecule has 0 bridgehead atoms. The first-order valence-corrected chi connectivity index (χ1v) is 6.58. The van der Waals surface area contributed by atoms with E-state index in [1.165, 1.54) is 0 Å². The van der Waals surface area contributed by atoms with Crippen LogP contribution in [-0.2, 0) is 14.3 Å². The van der Waals surface area contributed by atoms with Crippen LogP contribution in [0.3, 0.4) is 0 Å². The quantitative estimate of drug-likeness (QED) is 0.671. The van der Waals surface area contributed by atoms with E-state index in [-0.39, 0.29) is 12.5 Å². The minimum Gasteiger partial charge on any atom is -0.372 e. The van der Waals surface area contributed by atoms with Gasteiger partial charge in [0.2, 0.25) is 5.91 Å². The van der Waals surface area contributed by atoms with Gasteiger partial charge in [-0.2, -0.15) is 5.26 Å². The Morgan fingerprint density at radius 2 is 2.06 bits per heavy atom. The van der Waals surface area contributed by atoms with E-state index in [1.54, 1.807) is 4.90 Å². The molecule has 1 fully saturated rings. The monoisotopic (exact) mass is 254 g/mol. The molecule has 0 spiro atoms. The number of hydrogen-bond donors (Lipinski definition) is 0. The fourth-order valence-electron chi connectivity index (χ4n) is 2.08. The highest BCUT2D eigenvalue weighted by molar-refractivity contribution is 5.77. The molecule has 0 aromatic carbocycles. The predicted octanol–water partition coefficient (Wildman–Crippen LogP) is 1.33. The van der Waals surface area contributed by atoms with Crippen molar-refractivity contribution in [3.63, 3.8) is 0 Å². The average molecular weight is 254 g/mol. The summed E-state index contributed by atoms with van der Waals surface area (Å²) in [7, 11) is 0. The zero-order chi connectivity index (χ0) is 13.4. The molecule has 0 saturated carbocycles. The average Bonchev–Trinajstić information content (AvgIpc) is 2.40. The highest BCUT2D eigenvalue weighted by Gasteiger charge is 2.36. The van der Waals surface area contributed by atoms with E-state index in [2.05, 4.69) is 6.07 Å². The third-order valence-electron chi connectivity index (χ3n) is 3.12. The smallest absolute Gasteiger partial charge is 0.248 e. The second-order valence-electron chi connectivity index (χ2n) is 4.47. The van der Waals surface area contributed by atoms with Crippen LogP contribution < -0.4 is 0 Å². The van der Waals surface area contributed by atoms with Gasteiger partial charge in [0.25, 0.3) is 0 Å². The first kappa shape index (κ1) is 14.9. The van der Waals surface area contributed by atoms with Crippen molar-refractivity contribution in [2.24, 2.45) is 0 Å². The van der Waals surface area contributed by atoms with Gasteiger partial charge in [0, 0.05) is 39.1 Å². The van der Waals surface area contributed by atoms with Crippen LogP contribution in [0.15, 0.2) is 0 Å². The van der Waals surface area contributed by atoms with Gasteiger partial charge in [0.05, 0.1) is 6.07 Å². The van der Waals surface area contributed by atoms with Gasteiger partial charge in [-0.3, -0.25) is 4.79 Å². The Morgan fingerprint density at radius 3 is 2.56 bits per heavy atom. The number of rotatable bonds is 6. The van der Waals surface area contributed by atoms with E-state index in [4.69, 9.17) is 14.7 Å². The number of ether oxygens (including phenoxy) is 2. The molecule has 1 aliphatic rings. The summed E-state index contributed by atoms with van der Waals surface area (Å²) in [5, 5.41) is 9.17. The molecule has 5 nitrogen and oxygen atoms in total. The lowest BCUT2D eigenvalue weighted by atomic mass is 9.92. The topological polar surface area (TPSA) is 62.6 Å². The van der Waals surface area contributed by atoms with E-state index in [9.17, 15) is 4.79 Å². The maximum atomic E-state index is 11.8. The molecule has 0 aliphatic carbocycles. The summed E-state index contributed by atoms with van der Waals surface area (Å²) < 4.78 is 10.8. The van der Waals surface area contributed by atoms with Crippen molar-refractivity contribution in [1.29, 1.82) is 5.26 Å². The van der Waals surface area contributed by atoms with Gasteiger partial charge in [-0.1, -0.05) is 6.92 Å². The van der Waals surface area contributed by atoms with Crippen molar-refractivity contribution in [1.82, 2.24) is 4.90 Å². The van der Waals surface area contributed by atoms with Crippen molar-refractivity contribution in [3.05, 3.63) is 0 Å². The minimum atomic E-state index is -0.699. The van der Waals surface area contributed by atoms with E-state index in [0.29, 0.717) is 39.1 Å². The van der Waals surface area contributed by atoms with Gasteiger partial charge >= 0.3 is 0 Å². The Hall–Kier alpha value is -1.12. The van der Waals surface area contributed by atoms with Crippen LogP contribution in [0, 0.1) is 11.3 Å². The fraction of sp³-hybridized carbons (Fsp3) is 0.846. The Bertz CT molecular complexity index is 304. The number of nitrogens with zero attached hydrogens (tertiary/aromatic N) is 2. The van der Waals surface area contributed by atoms with Crippen molar-refractivity contribution >= 4 is 5.91 Å². The largest absolute Gasteiger partial charge is 0.372 e. The molecule has 5 heteroatoms. The van der Waals surface area contributed by atoms with Crippen molar-refractivity contribution < 1.29 is 14.3 Å². The molecule has 0 aromatic heterocycles. The third kappa shape index (κ3) is 3.97. The number of piperidine rings is 1. The van der Waals surface area contributed by atoms with Gasteiger partial charge in [0.1, 0.15) is 6.61 Å². The predicted molar refractivity (Wildman–Crippen MR) is 66.9 cm³/mol. The Balaban J connectivity index is 2.38. The first-order chi connectivity index (χ1) is 8.67. The summed E-state index contributed by atoms with van der Waals surface area (Å²) in [5.41, 5.74) is -0.699. The number of hydrogen-bond acceptors (Lipinski definition) is 4. The van der Waals surface area contributed by atoms with Crippen molar-refractivity contribution in [3.8, 4) is 6.07 Å². The summed E-state index contributed by atoms with van der Waals surface area (Å²) in [6.45, 7) is 6.32. The number of carbonyl (C=O) groups is 1. The van der Waals surface area contributed by atoms with E-state index in [0.717, 1.165) is 6.42 Å². The number of nitriles is 1. The Labute approximate surface area is 109 Å². The first-order valence-electron chi connectivity index (χ1n) is 6.58. The minimum absolute atomic E-state index is 0.00601. The lowest BCUT2D eigenvalue weighted by Gasteiger charge is -2.36. The molecule has 0 unspecified atom stereocenters. The standard InChI is InChI=1S/C13H22N2O3/c1-3-9-17-10-12(16)15-7-5-13(11-14,6-8-15)18-4-2/h3-10H2,1-2H3. The fourth-order valence-corrected chi connectivity index (χ4v) is 2.08. The van der Waals surface area contributed by atoms with E-state index >= 15 is 0 Å².